The summed E-state index contributed by atoms with van der Waals surface area (Å²) in [6, 6.07) is 1.28. The molecule has 4 nitrogen and oxygen atoms in total. The lowest BCUT2D eigenvalue weighted by atomic mass is 9.74. The van der Waals surface area contributed by atoms with E-state index in [-0.39, 0.29) is 5.41 Å². The van der Waals surface area contributed by atoms with Crippen molar-refractivity contribution in [2.75, 3.05) is 27.2 Å². The largest absolute Gasteiger partial charge is 0.335 e. The van der Waals surface area contributed by atoms with Crippen LogP contribution in [-0.4, -0.2) is 61.0 Å². The van der Waals surface area contributed by atoms with E-state index < -0.39 is 0 Å². The molecule has 0 bridgehead atoms. The standard InChI is InChI=1S/C20H39N3O/c1-19(2,3)18(24)23(16-8-10-20(4,5)11-9-16)17-12-15(21-13-17)14-22(6)7/h15-17,21H,8-14H2,1-7H3. The second-order valence-corrected chi connectivity index (χ2v) is 10.1. The molecule has 2 unspecified atom stereocenters. The van der Waals surface area contributed by atoms with Crippen molar-refractivity contribution >= 4 is 5.91 Å². The summed E-state index contributed by atoms with van der Waals surface area (Å²) in [5.41, 5.74) is 0.140. The molecular weight excluding hydrogens is 298 g/mol. The number of nitrogens with one attached hydrogen (secondary N) is 1. The Labute approximate surface area is 149 Å². The molecule has 0 aromatic rings. The van der Waals surface area contributed by atoms with Crippen LogP contribution in [0.3, 0.4) is 0 Å². The predicted molar refractivity (Wildman–Crippen MR) is 101 cm³/mol. The Hall–Kier alpha value is -0.610. The van der Waals surface area contributed by atoms with Gasteiger partial charge in [-0.05, 0) is 51.6 Å². The van der Waals surface area contributed by atoms with E-state index in [4.69, 9.17) is 0 Å². The Balaban J connectivity index is 2.11. The molecule has 140 valence electrons. The van der Waals surface area contributed by atoms with Crippen molar-refractivity contribution in [1.29, 1.82) is 0 Å². The Morgan fingerprint density at radius 1 is 1.12 bits per heavy atom. The highest BCUT2D eigenvalue weighted by Gasteiger charge is 2.41. The van der Waals surface area contributed by atoms with Gasteiger partial charge < -0.3 is 15.1 Å². The van der Waals surface area contributed by atoms with Crippen LogP contribution in [0.25, 0.3) is 0 Å². The number of carbonyl (C=O) groups excluding carboxylic acids is 1. The minimum atomic E-state index is -0.299. The van der Waals surface area contributed by atoms with E-state index in [1.54, 1.807) is 0 Å². The van der Waals surface area contributed by atoms with Crippen molar-refractivity contribution in [3.63, 3.8) is 0 Å². The second-order valence-electron chi connectivity index (χ2n) is 10.1. The molecule has 1 N–H and O–H groups in total. The van der Waals surface area contributed by atoms with Crippen molar-refractivity contribution in [1.82, 2.24) is 15.1 Å². The number of rotatable bonds is 4. The third-order valence-corrected chi connectivity index (χ3v) is 5.76. The molecule has 2 atom stereocenters. The molecule has 1 amide bonds. The molecule has 1 heterocycles. The normalized spacial score (nSPS) is 28.3. The maximum absolute atomic E-state index is 13.2. The van der Waals surface area contributed by atoms with Crippen molar-refractivity contribution < 1.29 is 4.79 Å². The van der Waals surface area contributed by atoms with E-state index in [9.17, 15) is 4.79 Å². The van der Waals surface area contributed by atoms with Gasteiger partial charge in [0, 0.05) is 36.6 Å². The summed E-state index contributed by atoms with van der Waals surface area (Å²) in [7, 11) is 4.24. The Morgan fingerprint density at radius 3 is 2.21 bits per heavy atom. The first-order chi connectivity index (χ1) is 11.0. The van der Waals surface area contributed by atoms with Gasteiger partial charge in [0.15, 0.2) is 0 Å². The van der Waals surface area contributed by atoms with Crippen molar-refractivity contribution in [2.45, 2.75) is 84.8 Å². The number of likely N-dealkylation sites (N-methyl/N-ethyl adjacent to an activating group) is 1. The minimum Gasteiger partial charge on any atom is -0.335 e. The van der Waals surface area contributed by atoms with Crippen molar-refractivity contribution in [3.8, 4) is 0 Å². The van der Waals surface area contributed by atoms with Crippen LogP contribution in [0.1, 0.15) is 66.7 Å². The molecule has 1 saturated carbocycles. The maximum atomic E-state index is 13.2. The maximum Gasteiger partial charge on any atom is 0.228 e. The Morgan fingerprint density at radius 2 is 1.71 bits per heavy atom. The smallest absolute Gasteiger partial charge is 0.228 e. The number of hydrogen-bond acceptors (Lipinski definition) is 3. The van der Waals surface area contributed by atoms with Gasteiger partial charge in [0.1, 0.15) is 0 Å². The third-order valence-electron chi connectivity index (χ3n) is 5.76. The second kappa shape index (κ2) is 7.33. The summed E-state index contributed by atoms with van der Waals surface area (Å²) in [4.78, 5) is 17.8. The fourth-order valence-electron chi connectivity index (χ4n) is 4.27. The number of carbonyl (C=O) groups is 1. The summed E-state index contributed by atoms with van der Waals surface area (Å²) >= 11 is 0. The monoisotopic (exact) mass is 337 g/mol. The fourth-order valence-corrected chi connectivity index (χ4v) is 4.27. The van der Waals surface area contributed by atoms with Crippen LogP contribution in [0.15, 0.2) is 0 Å². The summed E-state index contributed by atoms with van der Waals surface area (Å²) in [5.74, 6) is 0.338. The number of nitrogens with zero attached hydrogens (tertiary/aromatic N) is 2. The molecule has 0 radical (unpaired) electrons. The summed E-state index contributed by atoms with van der Waals surface area (Å²) < 4.78 is 0. The first-order valence-electron chi connectivity index (χ1n) is 9.70. The molecule has 1 aliphatic carbocycles. The average Bonchev–Trinajstić information content (AvgIpc) is 2.87. The highest BCUT2D eigenvalue weighted by molar-refractivity contribution is 5.82. The number of hydrogen-bond donors (Lipinski definition) is 1. The average molecular weight is 338 g/mol. The van der Waals surface area contributed by atoms with Gasteiger partial charge in [-0.2, -0.15) is 0 Å². The molecule has 0 aromatic carbocycles. The molecule has 0 spiro atoms. The predicted octanol–water partition coefficient (Wildman–Crippen LogP) is 3.12. The van der Waals surface area contributed by atoms with Crippen LogP contribution in [0.4, 0.5) is 0 Å². The Bertz CT molecular complexity index is 429. The highest BCUT2D eigenvalue weighted by atomic mass is 16.2. The van der Waals surface area contributed by atoms with Gasteiger partial charge >= 0.3 is 0 Å². The summed E-state index contributed by atoms with van der Waals surface area (Å²) in [5, 5.41) is 3.64. The SMILES string of the molecule is CN(C)CC1CC(N(C(=O)C(C)(C)C)C2CCC(C)(C)CC2)CN1. The van der Waals surface area contributed by atoms with Crippen LogP contribution in [0, 0.1) is 10.8 Å². The molecule has 2 aliphatic rings. The minimum absolute atomic E-state index is 0.299. The Kier molecular flexibility index (Phi) is 6.02. The molecule has 0 aromatic heterocycles. The quantitative estimate of drug-likeness (QED) is 0.856. The van der Waals surface area contributed by atoms with E-state index in [0.717, 1.165) is 32.4 Å². The third kappa shape index (κ3) is 4.95. The first-order valence-corrected chi connectivity index (χ1v) is 9.70. The molecule has 1 aliphatic heterocycles. The van der Waals surface area contributed by atoms with Gasteiger partial charge in [-0.1, -0.05) is 34.6 Å². The highest BCUT2D eigenvalue weighted by Crippen LogP contribution is 2.39. The van der Waals surface area contributed by atoms with Crippen molar-refractivity contribution in [3.05, 3.63) is 0 Å². The van der Waals surface area contributed by atoms with E-state index in [0.29, 0.717) is 29.4 Å². The zero-order valence-corrected chi connectivity index (χ0v) is 17.0. The molecule has 4 heteroatoms. The van der Waals surface area contributed by atoms with E-state index >= 15 is 0 Å². The van der Waals surface area contributed by atoms with Crippen LogP contribution >= 0.6 is 0 Å². The van der Waals surface area contributed by atoms with E-state index in [1.807, 2.05) is 0 Å². The lowest BCUT2D eigenvalue weighted by Gasteiger charge is -2.45. The summed E-state index contributed by atoms with van der Waals surface area (Å²) in [6.07, 6.45) is 5.85. The molecule has 2 rings (SSSR count). The van der Waals surface area contributed by atoms with Gasteiger partial charge in [-0.25, -0.2) is 0 Å². The van der Waals surface area contributed by atoms with E-state index in [2.05, 4.69) is 63.8 Å². The first kappa shape index (κ1) is 19.7. The number of amides is 1. The zero-order chi connectivity index (χ0) is 18.1. The molecule has 1 saturated heterocycles. The molecule has 2 fully saturated rings. The van der Waals surface area contributed by atoms with Crippen LogP contribution in [0.2, 0.25) is 0 Å². The van der Waals surface area contributed by atoms with Gasteiger partial charge in [0.25, 0.3) is 0 Å². The molecule has 24 heavy (non-hydrogen) atoms. The topological polar surface area (TPSA) is 35.6 Å². The van der Waals surface area contributed by atoms with Crippen LogP contribution < -0.4 is 5.32 Å². The summed E-state index contributed by atoms with van der Waals surface area (Å²) in [6.45, 7) is 12.9. The van der Waals surface area contributed by atoms with Crippen molar-refractivity contribution in [2.24, 2.45) is 10.8 Å². The van der Waals surface area contributed by atoms with Crippen LogP contribution in [0.5, 0.6) is 0 Å². The lowest BCUT2D eigenvalue weighted by molar-refractivity contribution is -0.145. The lowest BCUT2D eigenvalue weighted by Crippen LogP contribution is -2.53. The van der Waals surface area contributed by atoms with E-state index in [1.165, 1.54) is 12.8 Å². The fraction of sp³-hybridized carbons (Fsp3) is 0.950. The van der Waals surface area contributed by atoms with Gasteiger partial charge in [0.05, 0.1) is 0 Å². The van der Waals surface area contributed by atoms with Gasteiger partial charge in [0.2, 0.25) is 5.91 Å². The molecular formula is C20H39N3O. The van der Waals surface area contributed by atoms with Gasteiger partial charge in [-0.3, -0.25) is 4.79 Å². The van der Waals surface area contributed by atoms with Crippen LogP contribution in [-0.2, 0) is 4.79 Å². The zero-order valence-electron chi connectivity index (χ0n) is 17.0. The van der Waals surface area contributed by atoms with Gasteiger partial charge in [-0.15, -0.1) is 0 Å².